The lowest BCUT2D eigenvalue weighted by molar-refractivity contribution is 0.884. The zero-order chi connectivity index (χ0) is 19.3. The molecule has 0 atom stereocenters. The summed E-state index contributed by atoms with van der Waals surface area (Å²) in [7, 11) is 0. The lowest BCUT2D eigenvalue weighted by Gasteiger charge is -2.01. The van der Waals surface area contributed by atoms with E-state index in [0.717, 1.165) is 33.9 Å². The monoisotopic (exact) mass is 369 g/mol. The van der Waals surface area contributed by atoms with Crippen LogP contribution in [0.25, 0.3) is 16.9 Å². The molecule has 0 spiro atoms. The molecule has 3 aromatic heterocycles. The smallest absolute Gasteiger partial charge is 0.243 e. The third-order valence-electron chi connectivity index (χ3n) is 4.05. The Morgan fingerprint density at radius 1 is 1.00 bits per heavy atom. The number of hydrogen-bond acceptors (Lipinski definition) is 6. The quantitative estimate of drug-likeness (QED) is 0.428. The van der Waals surface area contributed by atoms with Gasteiger partial charge < -0.3 is 0 Å². The summed E-state index contributed by atoms with van der Waals surface area (Å²) in [6, 6.07) is 15.7. The number of benzene rings is 1. The first kappa shape index (κ1) is 17.5. The molecule has 28 heavy (non-hydrogen) atoms. The first-order valence-corrected chi connectivity index (χ1v) is 8.86. The molecule has 0 aliphatic rings. The topological polar surface area (TPSA) is 80.9 Å². The Morgan fingerprint density at radius 2 is 1.79 bits per heavy atom. The zero-order valence-electron chi connectivity index (χ0n) is 15.6. The number of anilines is 1. The van der Waals surface area contributed by atoms with Gasteiger partial charge in [-0.05, 0) is 44.2 Å². The first-order valence-electron chi connectivity index (χ1n) is 8.86. The Bertz CT molecular complexity index is 1080. The SMILES string of the molecule is Cc1cc(C)nc(N/N=C\c2cn(-c3ccccc3)nc2-c2cccnc2)n1. The third-order valence-corrected chi connectivity index (χ3v) is 4.05. The van der Waals surface area contributed by atoms with Crippen molar-refractivity contribution in [2.45, 2.75) is 13.8 Å². The second-order valence-corrected chi connectivity index (χ2v) is 6.30. The average molecular weight is 369 g/mol. The van der Waals surface area contributed by atoms with Crippen molar-refractivity contribution in [1.82, 2.24) is 24.7 Å². The van der Waals surface area contributed by atoms with Gasteiger partial charge in [0, 0.05) is 41.1 Å². The molecule has 4 aromatic rings. The van der Waals surface area contributed by atoms with E-state index >= 15 is 0 Å². The summed E-state index contributed by atoms with van der Waals surface area (Å²) in [4.78, 5) is 12.9. The minimum Gasteiger partial charge on any atom is -0.264 e. The van der Waals surface area contributed by atoms with Crippen LogP contribution in [0, 0.1) is 13.8 Å². The summed E-state index contributed by atoms with van der Waals surface area (Å²) in [5.41, 5.74) is 8.21. The highest BCUT2D eigenvalue weighted by Gasteiger charge is 2.11. The molecule has 138 valence electrons. The van der Waals surface area contributed by atoms with Gasteiger partial charge in [0.25, 0.3) is 0 Å². The van der Waals surface area contributed by atoms with E-state index in [4.69, 9.17) is 5.10 Å². The fourth-order valence-electron chi connectivity index (χ4n) is 2.86. The summed E-state index contributed by atoms with van der Waals surface area (Å²) >= 11 is 0. The highest BCUT2D eigenvalue weighted by Crippen LogP contribution is 2.21. The number of pyridine rings is 1. The second kappa shape index (κ2) is 7.79. The zero-order valence-corrected chi connectivity index (χ0v) is 15.6. The van der Waals surface area contributed by atoms with Crippen molar-refractivity contribution in [3.05, 3.63) is 84.1 Å². The van der Waals surface area contributed by atoms with Gasteiger partial charge in [0.05, 0.1) is 11.9 Å². The maximum atomic E-state index is 4.73. The molecule has 0 saturated heterocycles. The molecule has 7 heteroatoms. The van der Waals surface area contributed by atoms with Crippen molar-refractivity contribution in [2.75, 3.05) is 5.43 Å². The van der Waals surface area contributed by atoms with Gasteiger partial charge in [0.15, 0.2) is 0 Å². The van der Waals surface area contributed by atoms with Crippen LogP contribution in [-0.2, 0) is 0 Å². The van der Waals surface area contributed by atoms with Crippen LogP contribution >= 0.6 is 0 Å². The van der Waals surface area contributed by atoms with Gasteiger partial charge in [-0.3, -0.25) is 4.98 Å². The largest absolute Gasteiger partial charge is 0.264 e. The number of hydrazone groups is 1. The van der Waals surface area contributed by atoms with Crippen LogP contribution in [-0.4, -0.2) is 30.9 Å². The van der Waals surface area contributed by atoms with Gasteiger partial charge in [-0.15, -0.1) is 0 Å². The lowest BCUT2D eigenvalue weighted by atomic mass is 10.1. The van der Waals surface area contributed by atoms with Crippen LogP contribution in [0.2, 0.25) is 0 Å². The summed E-state index contributed by atoms with van der Waals surface area (Å²) in [5.74, 6) is 0.465. The Hall–Kier alpha value is -3.87. The van der Waals surface area contributed by atoms with Crippen molar-refractivity contribution in [3.63, 3.8) is 0 Å². The van der Waals surface area contributed by atoms with E-state index in [9.17, 15) is 0 Å². The number of nitrogens with one attached hydrogen (secondary N) is 1. The maximum absolute atomic E-state index is 4.73. The highest BCUT2D eigenvalue weighted by molar-refractivity contribution is 5.88. The van der Waals surface area contributed by atoms with E-state index in [0.29, 0.717) is 5.95 Å². The highest BCUT2D eigenvalue weighted by atomic mass is 15.3. The van der Waals surface area contributed by atoms with Gasteiger partial charge >= 0.3 is 0 Å². The average Bonchev–Trinajstić information content (AvgIpc) is 3.13. The van der Waals surface area contributed by atoms with Gasteiger partial charge in [-0.25, -0.2) is 20.1 Å². The molecule has 0 bridgehead atoms. The summed E-state index contributed by atoms with van der Waals surface area (Å²) < 4.78 is 1.83. The number of nitrogens with zero attached hydrogens (tertiary/aromatic N) is 6. The van der Waals surface area contributed by atoms with E-state index in [-0.39, 0.29) is 0 Å². The van der Waals surface area contributed by atoms with Gasteiger partial charge in [0.2, 0.25) is 5.95 Å². The minimum atomic E-state index is 0.465. The van der Waals surface area contributed by atoms with E-state index in [1.165, 1.54) is 0 Å². The van der Waals surface area contributed by atoms with E-state index in [1.54, 1.807) is 18.6 Å². The Kier molecular flexibility index (Phi) is 4.88. The van der Waals surface area contributed by atoms with Crippen molar-refractivity contribution in [2.24, 2.45) is 5.10 Å². The van der Waals surface area contributed by atoms with Gasteiger partial charge in [0.1, 0.15) is 5.69 Å². The van der Waals surface area contributed by atoms with E-state index in [2.05, 4.69) is 25.5 Å². The second-order valence-electron chi connectivity index (χ2n) is 6.30. The molecule has 0 aliphatic heterocycles. The normalized spacial score (nSPS) is 11.1. The van der Waals surface area contributed by atoms with Crippen molar-refractivity contribution < 1.29 is 0 Å². The number of para-hydroxylation sites is 1. The number of hydrogen-bond donors (Lipinski definition) is 1. The molecule has 1 aromatic carbocycles. The predicted molar refractivity (Wildman–Crippen MR) is 110 cm³/mol. The van der Waals surface area contributed by atoms with Gasteiger partial charge in [-0.1, -0.05) is 18.2 Å². The van der Waals surface area contributed by atoms with Gasteiger partial charge in [-0.2, -0.15) is 10.2 Å². The van der Waals surface area contributed by atoms with Crippen molar-refractivity contribution in [3.8, 4) is 16.9 Å². The Morgan fingerprint density at radius 3 is 2.50 bits per heavy atom. The molecular formula is C21H19N7. The molecule has 1 N–H and O–H groups in total. The van der Waals surface area contributed by atoms with Crippen LogP contribution < -0.4 is 5.43 Å². The van der Waals surface area contributed by atoms with Crippen molar-refractivity contribution >= 4 is 12.2 Å². The van der Waals surface area contributed by atoms with Crippen molar-refractivity contribution in [1.29, 1.82) is 0 Å². The van der Waals surface area contributed by atoms with Crippen LogP contribution in [0.3, 0.4) is 0 Å². The number of rotatable bonds is 5. The molecule has 3 heterocycles. The Labute approximate surface area is 162 Å². The first-order chi connectivity index (χ1) is 13.7. The van der Waals surface area contributed by atoms with Crippen LogP contribution in [0.1, 0.15) is 17.0 Å². The number of aromatic nitrogens is 5. The standard InChI is InChI=1S/C21H19N7/c1-15-11-16(2)25-21(24-15)26-23-13-18-14-28(19-8-4-3-5-9-19)27-20(18)17-7-6-10-22-12-17/h3-14H,1-2H3,(H,24,25,26)/b23-13-. The molecule has 0 aliphatic carbocycles. The predicted octanol–water partition coefficient (Wildman–Crippen LogP) is 3.79. The molecular weight excluding hydrogens is 350 g/mol. The third kappa shape index (κ3) is 3.93. The van der Waals surface area contributed by atoms with Crippen LogP contribution in [0.15, 0.2) is 72.2 Å². The Balaban J connectivity index is 1.67. The molecule has 4 rings (SSSR count). The molecule has 0 fully saturated rings. The van der Waals surface area contributed by atoms with E-state index < -0.39 is 0 Å². The summed E-state index contributed by atoms with van der Waals surface area (Å²) in [6.07, 6.45) is 7.18. The molecule has 0 unspecified atom stereocenters. The van der Waals surface area contributed by atoms with Crippen LogP contribution in [0.4, 0.5) is 5.95 Å². The molecule has 0 saturated carbocycles. The van der Waals surface area contributed by atoms with E-state index in [1.807, 2.05) is 73.3 Å². The fraction of sp³-hybridized carbons (Fsp3) is 0.0952. The lowest BCUT2D eigenvalue weighted by Crippen LogP contribution is -1.99. The number of aryl methyl sites for hydroxylation is 2. The molecule has 7 nitrogen and oxygen atoms in total. The molecule has 0 radical (unpaired) electrons. The van der Waals surface area contributed by atoms with Crippen LogP contribution in [0.5, 0.6) is 0 Å². The minimum absolute atomic E-state index is 0.465. The summed E-state index contributed by atoms with van der Waals surface area (Å²) in [5, 5.41) is 9.04. The summed E-state index contributed by atoms with van der Waals surface area (Å²) in [6.45, 7) is 3.85. The molecule has 0 amide bonds. The fourth-order valence-corrected chi connectivity index (χ4v) is 2.86. The maximum Gasteiger partial charge on any atom is 0.243 e.